The third kappa shape index (κ3) is 4.43. The molecule has 0 radical (unpaired) electrons. The topological polar surface area (TPSA) is 78.4 Å². The van der Waals surface area contributed by atoms with E-state index in [1.807, 2.05) is 17.0 Å². The van der Waals surface area contributed by atoms with Gasteiger partial charge in [-0.15, -0.1) is 0 Å². The Hall–Kier alpha value is -2.80. The lowest BCUT2D eigenvalue weighted by Gasteiger charge is -2.34. The zero-order valence-corrected chi connectivity index (χ0v) is 14.9. The molecule has 2 amide bonds. The van der Waals surface area contributed by atoms with Gasteiger partial charge in [0.25, 0.3) is 11.8 Å². The van der Waals surface area contributed by atoms with Gasteiger partial charge in [0.15, 0.2) is 0 Å². The van der Waals surface area contributed by atoms with Crippen LogP contribution in [0.4, 0.5) is 0 Å². The van der Waals surface area contributed by atoms with Crippen molar-refractivity contribution in [2.75, 3.05) is 32.7 Å². The summed E-state index contributed by atoms with van der Waals surface area (Å²) in [6, 6.07) is 5.32. The van der Waals surface area contributed by atoms with Crippen LogP contribution < -0.4 is 5.32 Å². The van der Waals surface area contributed by atoms with Gasteiger partial charge in [0.05, 0.1) is 11.1 Å². The maximum Gasteiger partial charge on any atom is 0.255 e. The molecule has 2 aromatic heterocycles. The molecule has 1 fully saturated rings. The lowest BCUT2D eigenvalue weighted by Crippen LogP contribution is -2.48. The first kappa shape index (κ1) is 18.0. The lowest BCUT2D eigenvalue weighted by molar-refractivity contribution is 0.0643. The van der Waals surface area contributed by atoms with Crippen molar-refractivity contribution in [3.05, 3.63) is 59.7 Å². The number of rotatable bonds is 5. The van der Waals surface area contributed by atoms with E-state index in [4.69, 9.17) is 0 Å². The van der Waals surface area contributed by atoms with Crippen molar-refractivity contribution in [1.82, 2.24) is 25.1 Å². The minimum absolute atomic E-state index is 0.0739. The second-order valence-corrected chi connectivity index (χ2v) is 6.23. The summed E-state index contributed by atoms with van der Waals surface area (Å²) >= 11 is 0. The number of piperazine rings is 1. The Morgan fingerprint density at radius 2 is 1.85 bits per heavy atom. The van der Waals surface area contributed by atoms with Crippen molar-refractivity contribution in [1.29, 1.82) is 0 Å². The quantitative estimate of drug-likeness (QED) is 0.873. The van der Waals surface area contributed by atoms with Crippen molar-refractivity contribution in [3.8, 4) is 0 Å². The van der Waals surface area contributed by atoms with Crippen LogP contribution in [0.2, 0.25) is 0 Å². The molecule has 0 aliphatic carbocycles. The molecular weight excluding hydrogens is 330 g/mol. The highest BCUT2D eigenvalue weighted by Gasteiger charge is 2.22. The number of nitrogens with one attached hydrogen (secondary N) is 1. The molecule has 2 aromatic rings. The van der Waals surface area contributed by atoms with Crippen LogP contribution >= 0.6 is 0 Å². The van der Waals surface area contributed by atoms with Crippen LogP contribution in [0.3, 0.4) is 0 Å². The third-order valence-electron chi connectivity index (χ3n) is 4.53. The summed E-state index contributed by atoms with van der Waals surface area (Å²) in [6.07, 6.45) is 6.38. The zero-order valence-electron chi connectivity index (χ0n) is 14.9. The Kier molecular flexibility index (Phi) is 5.91. The number of nitrogens with zero attached hydrogens (tertiary/aromatic N) is 4. The molecule has 7 nitrogen and oxygen atoms in total. The number of hydrogen-bond acceptors (Lipinski definition) is 5. The van der Waals surface area contributed by atoms with E-state index in [0.717, 1.165) is 25.2 Å². The monoisotopic (exact) mass is 353 g/mol. The smallest absolute Gasteiger partial charge is 0.255 e. The maximum atomic E-state index is 12.7. The Labute approximate surface area is 153 Å². The van der Waals surface area contributed by atoms with E-state index >= 15 is 0 Å². The average molecular weight is 353 g/mol. The number of carbonyl (C=O) groups is 2. The van der Waals surface area contributed by atoms with Gasteiger partial charge >= 0.3 is 0 Å². The van der Waals surface area contributed by atoms with Gasteiger partial charge < -0.3 is 15.1 Å². The van der Waals surface area contributed by atoms with Crippen LogP contribution in [0.1, 0.15) is 33.2 Å². The summed E-state index contributed by atoms with van der Waals surface area (Å²) in [5.41, 5.74) is 1.74. The Morgan fingerprint density at radius 1 is 1.08 bits per heavy atom. The van der Waals surface area contributed by atoms with Crippen molar-refractivity contribution in [2.45, 2.75) is 13.5 Å². The molecule has 0 aromatic carbocycles. The molecular formula is C19H23N5O2. The average Bonchev–Trinajstić information content (AvgIpc) is 2.72. The van der Waals surface area contributed by atoms with E-state index in [2.05, 4.69) is 27.1 Å². The molecule has 1 aliphatic rings. The Bertz CT molecular complexity index is 758. The van der Waals surface area contributed by atoms with E-state index in [-0.39, 0.29) is 11.8 Å². The van der Waals surface area contributed by atoms with Gasteiger partial charge in [0.1, 0.15) is 0 Å². The number of amides is 2. The number of aromatic nitrogens is 2. The molecule has 0 bridgehead atoms. The predicted molar refractivity (Wildman–Crippen MR) is 97.7 cm³/mol. The first-order chi connectivity index (χ1) is 12.7. The normalized spacial score (nSPS) is 14.9. The lowest BCUT2D eigenvalue weighted by atomic mass is 10.1. The van der Waals surface area contributed by atoms with E-state index in [9.17, 15) is 9.59 Å². The molecule has 0 spiro atoms. The summed E-state index contributed by atoms with van der Waals surface area (Å²) in [7, 11) is 0. The fourth-order valence-corrected chi connectivity index (χ4v) is 2.92. The van der Waals surface area contributed by atoms with Crippen molar-refractivity contribution in [2.24, 2.45) is 0 Å². The Balaban J connectivity index is 1.62. The minimum Gasteiger partial charge on any atom is -0.348 e. The zero-order chi connectivity index (χ0) is 18.4. The standard InChI is InChI=1S/C19H23N5O2/c1-2-23-6-8-24(9-7-23)19(26)17-10-16(13-21-14-17)18(25)22-12-15-4-3-5-20-11-15/h3-5,10-11,13-14H,2,6-9,12H2,1H3,(H,22,25). The summed E-state index contributed by atoms with van der Waals surface area (Å²) in [4.78, 5) is 37.2. The number of likely N-dealkylation sites (N-methyl/N-ethyl adjacent to an activating group) is 1. The van der Waals surface area contributed by atoms with Gasteiger partial charge in [0, 0.05) is 57.5 Å². The highest BCUT2D eigenvalue weighted by Crippen LogP contribution is 2.10. The molecule has 0 saturated carbocycles. The molecule has 1 N–H and O–H groups in total. The fourth-order valence-electron chi connectivity index (χ4n) is 2.92. The van der Waals surface area contributed by atoms with E-state index in [1.54, 1.807) is 18.5 Å². The van der Waals surface area contributed by atoms with E-state index in [1.165, 1.54) is 12.4 Å². The molecule has 0 atom stereocenters. The Morgan fingerprint density at radius 3 is 2.54 bits per heavy atom. The molecule has 1 aliphatic heterocycles. The van der Waals surface area contributed by atoms with E-state index < -0.39 is 0 Å². The van der Waals surface area contributed by atoms with Crippen LogP contribution in [0.5, 0.6) is 0 Å². The van der Waals surface area contributed by atoms with Gasteiger partial charge in [-0.25, -0.2) is 0 Å². The SMILES string of the molecule is CCN1CCN(C(=O)c2cncc(C(=O)NCc3cccnc3)c2)CC1. The summed E-state index contributed by atoms with van der Waals surface area (Å²) in [5.74, 6) is -0.332. The van der Waals surface area contributed by atoms with Gasteiger partial charge in [-0.2, -0.15) is 0 Å². The molecule has 0 unspecified atom stereocenters. The molecule has 1 saturated heterocycles. The highest BCUT2D eigenvalue weighted by molar-refractivity contribution is 5.99. The molecule has 26 heavy (non-hydrogen) atoms. The van der Waals surface area contributed by atoms with Gasteiger partial charge in [0.2, 0.25) is 0 Å². The third-order valence-corrected chi connectivity index (χ3v) is 4.53. The van der Waals surface area contributed by atoms with Crippen LogP contribution in [-0.4, -0.2) is 64.3 Å². The molecule has 3 heterocycles. The highest BCUT2D eigenvalue weighted by atomic mass is 16.2. The first-order valence-electron chi connectivity index (χ1n) is 8.81. The second-order valence-electron chi connectivity index (χ2n) is 6.23. The van der Waals surface area contributed by atoms with Crippen LogP contribution in [-0.2, 0) is 6.54 Å². The number of carbonyl (C=O) groups excluding carboxylic acids is 2. The largest absolute Gasteiger partial charge is 0.348 e. The minimum atomic E-state index is -0.258. The molecule has 3 rings (SSSR count). The fraction of sp³-hybridized carbons (Fsp3) is 0.368. The second kappa shape index (κ2) is 8.53. The van der Waals surface area contributed by atoms with Crippen molar-refractivity contribution >= 4 is 11.8 Å². The molecule has 7 heteroatoms. The van der Waals surface area contributed by atoms with Crippen LogP contribution in [0, 0.1) is 0 Å². The van der Waals surface area contributed by atoms with Gasteiger partial charge in [-0.05, 0) is 24.2 Å². The van der Waals surface area contributed by atoms with E-state index in [0.29, 0.717) is 30.8 Å². The van der Waals surface area contributed by atoms with Crippen LogP contribution in [0.15, 0.2) is 43.0 Å². The number of pyridine rings is 2. The maximum absolute atomic E-state index is 12.7. The van der Waals surface area contributed by atoms with Gasteiger partial charge in [-0.1, -0.05) is 13.0 Å². The molecule has 136 valence electrons. The summed E-state index contributed by atoms with van der Waals surface area (Å²) in [6.45, 7) is 6.64. The van der Waals surface area contributed by atoms with Gasteiger partial charge in [-0.3, -0.25) is 19.6 Å². The van der Waals surface area contributed by atoms with Crippen molar-refractivity contribution < 1.29 is 9.59 Å². The number of hydrogen-bond donors (Lipinski definition) is 1. The summed E-state index contributed by atoms with van der Waals surface area (Å²) in [5, 5.41) is 2.82. The van der Waals surface area contributed by atoms with Crippen molar-refractivity contribution in [3.63, 3.8) is 0 Å². The summed E-state index contributed by atoms with van der Waals surface area (Å²) < 4.78 is 0. The predicted octanol–water partition coefficient (Wildman–Crippen LogP) is 1.18. The van der Waals surface area contributed by atoms with Crippen LogP contribution in [0.25, 0.3) is 0 Å². The first-order valence-corrected chi connectivity index (χ1v) is 8.81.